The maximum atomic E-state index is 12.7. The van der Waals surface area contributed by atoms with Gasteiger partial charge in [0.1, 0.15) is 24.1 Å². The first-order valence-electron chi connectivity index (χ1n) is 8.14. The fourth-order valence-corrected chi connectivity index (χ4v) is 3.45. The first-order valence-corrected chi connectivity index (χ1v) is 9.62. The number of sulfonamides is 1. The molecule has 28 heavy (non-hydrogen) atoms. The maximum Gasteiger partial charge on any atom is 0.266 e. The highest BCUT2D eigenvalue weighted by Gasteiger charge is 2.27. The molecule has 0 bridgehead atoms. The predicted octanol–water partition coefficient (Wildman–Crippen LogP) is 1.62. The minimum Gasteiger partial charge on any atom is -0.497 e. The predicted molar refractivity (Wildman–Crippen MR) is 101 cm³/mol. The van der Waals surface area contributed by atoms with Crippen molar-refractivity contribution < 1.29 is 27.9 Å². The molecule has 3 N–H and O–H groups in total. The molecule has 0 heterocycles. The van der Waals surface area contributed by atoms with Gasteiger partial charge in [0.15, 0.2) is 0 Å². The monoisotopic (exact) mass is 404 g/mol. The lowest BCUT2D eigenvalue weighted by Crippen LogP contribution is -2.39. The Morgan fingerprint density at radius 2 is 1.71 bits per heavy atom. The van der Waals surface area contributed by atoms with Gasteiger partial charge in [-0.3, -0.25) is 10.0 Å². The largest absolute Gasteiger partial charge is 0.497 e. The Morgan fingerprint density at radius 1 is 1.11 bits per heavy atom. The summed E-state index contributed by atoms with van der Waals surface area (Å²) in [7, 11) is -2.57. The number of hydroxylamine groups is 1. The minimum absolute atomic E-state index is 0.0642. The summed E-state index contributed by atoms with van der Waals surface area (Å²) in [4.78, 5) is 12.0. The van der Waals surface area contributed by atoms with Gasteiger partial charge in [-0.1, -0.05) is 18.1 Å². The van der Waals surface area contributed by atoms with Crippen molar-refractivity contribution in [3.05, 3.63) is 54.1 Å². The normalized spacial score (nSPS) is 11.7. The number of hydrogen-bond donors (Lipinski definition) is 3. The van der Waals surface area contributed by atoms with Crippen LogP contribution in [0.1, 0.15) is 18.5 Å². The van der Waals surface area contributed by atoms with Crippen molar-refractivity contribution in [2.24, 2.45) is 0 Å². The Hall–Kier alpha value is -3.06. The molecule has 0 spiro atoms. The number of benzene rings is 2. The van der Waals surface area contributed by atoms with Gasteiger partial charge in [-0.05, 0) is 48.9 Å². The topological polar surface area (TPSA) is 114 Å². The van der Waals surface area contributed by atoms with Gasteiger partial charge in [0.25, 0.3) is 5.91 Å². The molecule has 2 rings (SSSR count). The molecule has 2 aromatic rings. The SMILES string of the molecule is CC#CCOc1ccc(S(=O)(=O)NC(C(=O)NO)c2ccc(OC)cc2)cc1. The zero-order chi connectivity index (χ0) is 20.6. The van der Waals surface area contributed by atoms with Crippen LogP contribution < -0.4 is 19.7 Å². The van der Waals surface area contributed by atoms with E-state index in [0.29, 0.717) is 17.1 Å². The lowest BCUT2D eigenvalue weighted by molar-refractivity contribution is -0.131. The van der Waals surface area contributed by atoms with Gasteiger partial charge in [-0.25, -0.2) is 13.9 Å². The highest BCUT2D eigenvalue weighted by molar-refractivity contribution is 7.89. The summed E-state index contributed by atoms with van der Waals surface area (Å²) in [5, 5.41) is 8.99. The van der Waals surface area contributed by atoms with E-state index in [9.17, 15) is 13.2 Å². The molecular formula is C19H20N2O6S. The molecular weight excluding hydrogens is 384 g/mol. The molecule has 9 heteroatoms. The zero-order valence-corrected chi connectivity index (χ0v) is 16.1. The van der Waals surface area contributed by atoms with E-state index in [1.807, 2.05) is 0 Å². The average Bonchev–Trinajstić information content (AvgIpc) is 2.72. The fraction of sp³-hybridized carbons (Fsp3) is 0.211. The molecule has 2 aromatic carbocycles. The van der Waals surface area contributed by atoms with Crippen LogP contribution in [-0.4, -0.2) is 33.2 Å². The third kappa shape index (κ3) is 5.47. The van der Waals surface area contributed by atoms with Crippen LogP contribution in [-0.2, 0) is 14.8 Å². The van der Waals surface area contributed by atoms with E-state index < -0.39 is 22.0 Å². The third-order valence-corrected chi connectivity index (χ3v) is 5.16. The van der Waals surface area contributed by atoms with Crippen LogP contribution in [0.15, 0.2) is 53.4 Å². The fourth-order valence-electron chi connectivity index (χ4n) is 2.26. The smallest absolute Gasteiger partial charge is 0.266 e. The molecule has 0 saturated heterocycles. The quantitative estimate of drug-likeness (QED) is 0.350. The van der Waals surface area contributed by atoms with E-state index in [4.69, 9.17) is 14.7 Å². The Kier molecular flexibility index (Phi) is 7.40. The highest BCUT2D eigenvalue weighted by Crippen LogP contribution is 2.22. The van der Waals surface area contributed by atoms with Gasteiger partial charge in [0, 0.05) is 0 Å². The van der Waals surface area contributed by atoms with Crippen molar-refractivity contribution in [2.75, 3.05) is 13.7 Å². The number of carbonyl (C=O) groups is 1. The van der Waals surface area contributed by atoms with Crippen LogP contribution in [0.4, 0.5) is 0 Å². The van der Waals surface area contributed by atoms with Crippen LogP contribution in [0, 0.1) is 11.8 Å². The molecule has 0 fully saturated rings. The molecule has 1 atom stereocenters. The standard InChI is InChI=1S/C19H20N2O6S/c1-3-4-13-27-16-9-11-17(12-10-16)28(24,25)21-18(19(22)20-23)14-5-7-15(26-2)8-6-14/h5-12,18,21,23H,13H2,1-2H3,(H,20,22). The Bertz CT molecular complexity index is 960. The van der Waals surface area contributed by atoms with Crippen molar-refractivity contribution in [1.29, 1.82) is 0 Å². The van der Waals surface area contributed by atoms with Gasteiger partial charge >= 0.3 is 0 Å². The van der Waals surface area contributed by atoms with E-state index in [2.05, 4.69) is 16.6 Å². The van der Waals surface area contributed by atoms with E-state index >= 15 is 0 Å². The lowest BCUT2D eigenvalue weighted by Gasteiger charge is -2.18. The summed E-state index contributed by atoms with van der Waals surface area (Å²) in [5.41, 5.74) is 1.80. The van der Waals surface area contributed by atoms with Crippen LogP contribution in [0.5, 0.6) is 11.5 Å². The van der Waals surface area contributed by atoms with Crippen LogP contribution in [0.2, 0.25) is 0 Å². The van der Waals surface area contributed by atoms with Crippen molar-refractivity contribution in [1.82, 2.24) is 10.2 Å². The van der Waals surface area contributed by atoms with Crippen molar-refractivity contribution in [2.45, 2.75) is 17.9 Å². The lowest BCUT2D eigenvalue weighted by atomic mass is 10.1. The molecule has 1 amide bonds. The van der Waals surface area contributed by atoms with E-state index in [1.165, 1.54) is 49.0 Å². The molecule has 1 unspecified atom stereocenters. The Morgan fingerprint density at radius 3 is 2.25 bits per heavy atom. The molecule has 0 aliphatic heterocycles. The molecule has 8 nitrogen and oxygen atoms in total. The van der Waals surface area contributed by atoms with E-state index in [0.717, 1.165) is 0 Å². The maximum absolute atomic E-state index is 12.7. The number of carbonyl (C=O) groups excluding carboxylic acids is 1. The number of rotatable bonds is 8. The minimum atomic E-state index is -4.06. The van der Waals surface area contributed by atoms with Gasteiger partial charge < -0.3 is 9.47 Å². The summed E-state index contributed by atoms with van der Waals surface area (Å²) < 4.78 is 38.0. The molecule has 0 saturated carbocycles. The summed E-state index contributed by atoms with van der Waals surface area (Å²) >= 11 is 0. The molecule has 0 radical (unpaired) electrons. The Balaban J connectivity index is 2.23. The number of amides is 1. The Labute approximate surface area is 163 Å². The molecule has 148 valence electrons. The molecule has 0 aliphatic rings. The first kappa shape index (κ1) is 21.2. The summed E-state index contributed by atoms with van der Waals surface area (Å²) in [5.74, 6) is 5.50. The van der Waals surface area contributed by atoms with Crippen molar-refractivity contribution in [3.63, 3.8) is 0 Å². The summed E-state index contributed by atoms with van der Waals surface area (Å²) in [6.07, 6.45) is 0. The van der Waals surface area contributed by atoms with Crippen molar-refractivity contribution >= 4 is 15.9 Å². The summed E-state index contributed by atoms with van der Waals surface area (Å²) in [6.45, 7) is 1.88. The van der Waals surface area contributed by atoms with Crippen LogP contribution in [0.25, 0.3) is 0 Å². The van der Waals surface area contributed by atoms with Crippen LogP contribution in [0.3, 0.4) is 0 Å². The van der Waals surface area contributed by atoms with Gasteiger partial charge in [-0.15, -0.1) is 5.92 Å². The van der Waals surface area contributed by atoms with Crippen LogP contribution >= 0.6 is 0 Å². The second kappa shape index (κ2) is 9.75. The van der Waals surface area contributed by atoms with Crippen molar-refractivity contribution in [3.8, 4) is 23.3 Å². The summed E-state index contributed by atoms with van der Waals surface area (Å²) in [6, 6.07) is 10.5. The molecule has 0 aliphatic carbocycles. The number of methoxy groups -OCH3 is 1. The third-order valence-electron chi connectivity index (χ3n) is 3.72. The van der Waals surface area contributed by atoms with Gasteiger partial charge in [0.05, 0.1) is 12.0 Å². The average molecular weight is 404 g/mol. The van der Waals surface area contributed by atoms with Gasteiger partial charge in [-0.2, -0.15) is 4.72 Å². The number of hydrogen-bond acceptors (Lipinski definition) is 6. The second-order valence-electron chi connectivity index (χ2n) is 5.49. The first-order chi connectivity index (χ1) is 13.4. The van der Waals surface area contributed by atoms with E-state index in [1.54, 1.807) is 19.1 Å². The number of nitrogens with one attached hydrogen (secondary N) is 2. The number of ether oxygens (including phenoxy) is 2. The highest BCUT2D eigenvalue weighted by atomic mass is 32.2. The second-order valence-corrected chi connectivity index (χ2v) is 7.20. The zero-order valence-electron chi connectivity index (χ0n) is 15.3. The van der Waals surface area contributed by atoms with Gasteiger partial charge in [0.2, 0.25) is 10.0 Å². The molecule has 0 aromatic heterocycles. The van der Waals surface area contributed by atoms with E-state index in [-0.39, 0.29) is 11.5 Å².